The average molecular weight is 212 g/mol. The van der Waals surface area contributed by atoms with Crippen LogP contribution in [-0.4, -0.2) is 6.61 Å². The van der Waals surface area contributed by atoms with Gasteiger partial charge in [-0.3, -0.25) is 0 Å². The molecule has 0 amide bonds. The van der Waals surface area contributed by atoms with Crippen LogP contribution in [-0.2, 0) is 11.3 Å². The van der Waals surface area contributed by atoms with Gasteiger partial charge < -0.3 is 4.74 Å². The van der Waals surface area contributed by atoms with Gasteiger partial charge in [0.2, 0.25) is 0 Å². The van der Waals surface area contributed by atoms with Gasteiger partial charge >= 0.3 is 0 Å². The van der Waals surface area contributed by atoms with Crippen molar-refractivity contribution in [2.75, 3.05) is 6.61 Å². The van der Waals surface area contributed by atoms with Crippen LogP contribution in [0.1, 0.15) is 12.5 Å². The Kier molecular flexibility index (Phi) is 3.73. The van der Waals surface area contributed by atoms with Gasteiger partial charge in [-0.05, 0) is 23.3 Å². The molecule has 1 nitrogen and oxygen atoms in total. The van der Waals surface area contributed by atoms with Crippen molar-refractivity contribution >= 4 is 10.8 Å². The lowest BCUT2D eigenvalue weighted by Crippen LogP contribution is -1.93. The molecule has 16 heavy (non-hydrogen) atoms. The molecule has 0 aromatic heterocycles. The molecule has 2 rings (SSSR count). The van der Waals surface area contributed by atoms with Crippen molar-refractivity contribution < 1.29 is 4.74 Å². The van der Waals surface area contributed by atoms with Crippen LogP contribution in [0.5, 0.6) is 0 Å². The zero-order valence-corrected chi connectivity index (χ0v) is 9.52. The highest BCUT2D eigenvalue weighted by Gasteiger charge is 1.99. The number of hydrogen-bond donors (Lipinski definition) is 0. The first-order valence-electron chi connectivity index (χ1n) is 5.57. The third kappa shape index (κ3) is 2.50. The number of hydrogen-bond acceptors (Lipinski definition) is 1. The second-order valence-corrected chi connectivity index (χ2v) is 3.72. The summed E-state index contributed by atoms with van der Waals surface area (Å²) in [6.07, 6.45) is 4.02. The van der Waals surface area contributed by atoms with Gasteiger partial charge in [0, 0.05) is 0 Å². The van der Waals surface area contributed by atoms with E-state index in [4.69, 9.17) is 4.74 Å². The topological polar surface area (TPSA) is 9.23 Å². The summed E-state index contributed by atoms with van der Waals surface area (Å²) >= 11 is 0. The zero-order valence-electron chi connectivity index (χ0n) is 9.52. The first-order chi connectivity index (χ1) is 7.92. The van der Waals surface area contributed by atoms with Gasteiger partial charge in [0.05, 0.1) is 13.2 Å². The molecule has 2 aromatic carbocycles. The molecule has 0 saturated carbocycles. The molecule has 82 valence electrons. The molecular weight excluding hydrogens is 196 g/mol. The van der Waals surface area contributed by atoms with Crippen LogP contribution in [0.25, 0.3) is 10.8 Å². The monoisotopic (exact) mass is 212 g/mol. The Morgan fingerprint density at radius 2 is 1.88 bits per heavy atom. The van der Waals surface area contributed by atoms with E-state index in [9.17, 15) is 0 Å². The van der Waals surface area contributed by atoms with Gasteiger partial charge in [-0.2, -0.15) is 0 Å². The Labute approximate surface area is 96.4 Å². The van der Waals surface area contributed by atoms with Crippen molar-refractivity contribution in [2.45, 2.75) is 13.5 Å². The highest BCUT2D eigenvalue weighted by Crippen LogP contribution is 2.18. The smallest absolute Gasteiger partial charge is 0.0727 e. The van der Waals surface area contributed by atoms with Crippen molar-refractivity contribution in [3.8, 4) is 0 Å². The van der Waals surface area contributed by atoms with E-state index in [1.165, 1.54) is 16.3 Å². The van der Waals surface area contributed by atoms with Gasteiger partial charge in [0.25, 0.3) is 0 Å². The van der Waals surface area contributed by atoms with Crippen molar-refractivity contribution in [1.29, 1.82) is 0 Å². The largest absolute Gasteiger partial charge is 0.373 e. The van der Waals surface area contributed by atoms with Crippen molar-refractivity contribution in [3.05, 3.63) is 60.2 Å². The van der Waals surface area contributed by atoms with Gasteiger partial charge in [-0.1, -0.05) is 54.6 Å². The Morgan fingerprint density at radius 3 is 2.75 bits per heavy atom. The Balaban J connectivity index is 2.17. The van der Waals surface area contributed by atoms with Crippen LogP contribution in [0.2, 0.25) is 0 Å². The molecule has 0 fully saturated rings. The molecule has 0 aliphatic rings. The third-order valence-corrected chi connectivity index (χ3v) is 2.59. The van der Waals surface area contributed by atoms with E-state index >= 15 is 0 Å². The third-order valence-electron chi connectivity index (χ3n) is 2.59. The zero-order chi connectivity index (χ0) is 11.2. The van der Waals surface area contributed by atoms with Crippen LogP contribution in [0, 0.1) is 0 Å². The molecule has 0 aliphatic heterocycles. The molecule has 0 aliphatic carbocycles. The summed E-state index contributed by atoms with van der Waals surface area (Å²) < 4.78 is 5.58. The van der Waals surface area contributed by atoms with E-state index in [-0.39, 0.29) is 0 Å². The minimum atomic E-state index is 0.672. The van der Waals surface area contributed by atoms with Crippen LogP contribution < -0.4 is 0 Å². The lowest BCUT2D eigenvalue weighted by atomic mass is 10.1. The lowest BCUT2D eigenvalue weighted by Gasteiger charge is -2.06. The highest BCUT2D eigenvalue weighted by atomic mass is 16.5. The number of allylic oxidation sites excluding steroid dienone is 1. The van der Waals surface area contributed by atoms with Crippen LogP contribution in [0.15, 0.2) is 54.6 Å². The minimum Gasteiger partial charge on any atom is -0.373 e. The number of benzene rings is 2. The normalized spacial score (nSPS) is 11.3. The predicted octanol–water partition coefficient (Wildman–Crippen LogP) is 3.93. The molecule has 0 spiro atoms. The fourth-order valence-electron chi connectivity index (χ4n) is 1.75. The maximum Gasteiger partial charge on any atom is 0.0727 e. The van der Waals surface area contributed by atoms with E-state index in [1.54, 1.807) is 0 Å². The second kappa shape index (κ2) is 5.47. The van der Waals surface area contributed by atoms with Crippen LogP contribution in [0.4, 0.5) is 0 Å². The van der Waals surface area contributed by atoms with E-state index in [1.807, 2.05) is 19.1 Å². The van der Waals surface area contributed by atoms with Gasteiger partial charge in [-0.15, -0.1) is 0 Å². The summed E-state index contributed by atoms with van der Waals surface area (Å²) in [6.45, 7) is 3.35. The van der Waals surface area contributed by atoms with E-state index in [2.05, 4.69) is 42.5 Å². The Bertz CT molecular complexity index is 480. The number of rotatable bonds is 4. The minimum absolute atomic E-state index is 0.672. The standard InChI is InChI=1S/C15H16O/c1-2-3-11-16-12-14-9-6-8-13-7-4-5-10-15(13)14/h2-10H,11-12H2,1H3/b3-2+. The Hall–Kier alpha value is -1.60. The van der Waals surface area contributed by atoms with Gasteiger partial charge in [-0.25, -0.2) is 0 Å². The Morgan fingerprint density at radius 1 is 1.06 bits per heavy atom. The van der Waals surface area contributed by atoms with Gasteiger partial charge in [0.15, 0.2) is 0 Å². The first-order valence-corrected chi connectivity index (χ1v) is 5.57. The summed E-state index contributed by atoms with van der Waals surface area (Å²) in [5, 5.41) is 2.56. The van der Waals surface area contributed by atoms with Crippen molar-refractivity contribution in [3.63, 3.8) is 0 Å². The molecule has 0 atom stereocenters. The first kappa shape index (κ1) is 10.9. The molecule has 0 heterocycles. The molecule has 0 N–H and O–H groups in total. The number of ether oxygens (including phenoxy) is 1. The lowest BCUT2D eigenvalue weighted by molar-refractivity contribution is 0.149. The number of fused-ring (bicyclic) bond motifs is 1. The summed E-state index contributed by atoms with van der Waals surface area (Å²) in [5.41, 5.74) is 1.25. The average Bonchev–Trinajstić information content (AvgIpc) is 2.35. The summed E-state index contributed by atoms with van der Waals surface area (Å²) in [6, 6.07) is 14.7. The predicted molar refractivity (Wildman–Crippen MR) is 68.4 cm³/mol. The molecule has 1 heteroatoms. The summed E-state index contributed by atoms with van der Waals surface area (Å²) in [5.74, 6) is 0. The molecular formula is C15H16O. The SMILES string of the molecule is C/C=C/COCc1cccc2ccccc12. The molecule has 0 bridgehead atoms. The van der Waals surface area contributed by atoms with Crippen LogP contribution in [0.3, 0.4) is 0 Å². The van der Waals surface area contributed by atoms with E-state index < -0.39 is 0 Å². The van der Waals surface area contributed by atoms with Gasteiger partial charge in [0.1, 0.15) is 0 Å². The maximum absolute atomic E-state index is 5.58. The fourth-order valence-corrected chi connectivity index (χ4v) is 1.75. The highest BCUT2D eigenvalue weighted by molar-refractivity contribution is 5.85. The van der Waals surface area contributed by atoms with Crippen LogP contribution >= 0.6 is 0 Å². The molecule has 0 unspecified atom stereocenters. The quantitative estimate of drug-likeness (QED) is 0.551. The van der Waals surface area contributed by atoms with E-state index in [0.29, 0.717) is 13.2 Å². The molecule has 0 saturated heterocycles. The summed E-state index contributed by atoms with van der Waals surface area (Å²) in [4.78, 5) is 0. The fraction of sp³-hybridized carbons (Fsp3) is 0.200. The van der Waals surface area contributed by atoms with Crippen molar-refractivity contribution in [1.82, 2.24) is 0 Å². The second-order valence-electron chi connectivity index (χ2n) is 3.72. The summed E-state index contributed by atoms with van der Waals surface area (Å²) in [7, 11) is 0. The molecule has 2 aromatic rings. The maximum atomic E-state index is 5.58. The van der Waals surface area contributed by atoms with Crippen molar-refractivity contribution in [2.24, 2.45) is 0 Å². The molecule has 0 radical (unpaired) electrons. The van der Waals surface area contributed by atoms with E-state index in [0.717, 1.165) is 0 Å².